The van der Waals surface area contributed by atoms with Crippen molar-refractivity contribution in [3.63, 3.8) is 0 Å². The summed E-state index contributed by atoms with van der Waals surface area (Å²) in [5.74, 6) is 0. The second kappa shape index (κ2) is 7.21. The van der Waals surface area contributed by atoms with Crippen molar-refractivity contribution < 1.29 is 4.39 Å². The fourth-order valence-electron chi connectivity index (χ4n) is 2.65. The molecule has 0 fully saturated rings. The highest BCUT2D eigenvalue weighted by molar-refractivity contribution is 7.25. The van der Waals surface area contributed by atoms with Gasteiger partial charge in [-0.25, -0.2) is 14.4 Å². The lowest BCUT2D eigenvalue weighted by atomic mass is 10.2. The molecule has 0 aromatic carbocycles. The topological polar surface area (TPSA) is 51.0 Å². The number of halogens is 1. The first-order chi connectivity index (χ1) is 12.4. The fourth-order valence-corrected chi connectivity index (χ4v) is 3.70. The number of rotatable bonds is 4. The quantitative estimate of drug-likeness (QED) is 0.640. The van der Waals surface area contributed by atoms with Crippen molar-refractivity contribution in [3.8, 4) is 0 Å². The standard InChI is InChI=1S/C19H19FN4OS/c1-12(7-9-20)5-6-13(2)24-11-22-16-15-14(23(3)4)8-10-21-18(15)26-17(16)19(24)25/h5-11H,1-4H3/b9-7+,12-5-,13-6+. The van der Waals surface area contributed by atoms with E-state index in [2.05, 4.69) is 9.97 Å². The van der Waals surface area contributed by atoms with E-state index in [1.807, 2.05) is 32.0 Å². The molecule has 0 saturated carbocycles. The van der Waals surface area contributed by atoms with E-state index in [1.165, 1.54) is 28.3 Å². The lowest BCUT2D eigenvalue weighted by molar-refractivity contribution is 0.720. The average Bonchev–Trinajstić information content (AvgIpc) is 3.00. The predicted octanol–water partition coefficient (Wildman–Crippen LogP) is 4.36. The van der Waals surface area contributed by atoms with Crippen molar-refractivity contribution in [1.82, 2.24) is 14.5 Å². The minimum Gasteiger partial charge on any atom is -0.377 e. The van der Waals surface area contributed by atoms with Crippen LogP contribution < -0.4 is 10.5 Å². The molecule has 0 bridgehead atoms. The predicted molar refractivity (Wildman–Crippen MR) is 107 cm³/mol. The number of fused-ring (bicyclic) bond motifs is 3. The summed E-state index contributed by atoms with van der Waals surface area (Å²) in [7, 11) is 3.90. The maximum atomic E-state index is 12.9. The van der Waals surface area contributed by atoms with E-state index in [9.17, 15) is 9.18 Å². The highest BCUT2D eigenvalue weighted by Gasteiger charge is 2.16. The summed E-state index contributed by atoms with van der Waals surface area (Å²) in [6.45, 7) is 3.60. The zero-order chi connectivity index (χ0) is 18.8. The van der Waals surface area contributed by atoms with Gasteiger partial charge in [-0.05, 0) is 37.6 Å². The normalized spacial score (nSPS) is 13.3. The van der Waals surface area contributed by atoms with Gasteiger partial charge in [-0.1, -0.05) is 6.08 Å². The highest BCUT2D eigenvalue weighted by Crippen LogP contribution is 2.35. The van der Waals surface area contributed by atoms with E-state index < -0.39 is 0 Å². The smallest absolute Gasteiger partial charge is 0.275 e. The number of thiophene rings is 1. The van der Waals surface area contributed by atoms with Gasteiger partial charge in [-0.2, -0.15) is 0 Å². The summed E-state index contributed by atoms with van der Waals surface area (Å²) in [5, 5.41) is 0.896. The molecule has 0 amide bonds. The summed E-state index contributed by atoms with van der Waals surface area (Å²) < 4.78 is 14.3. The van der Waals surface area contributed by atoms with Gasteiger partial charge in [0.15, 0.2) is 0 Å². The van der Waals surface area contributed by atoms with E-state index in [4.69, 9.17) is 0 Å². The molecule has 0 aliphatic heterocycles. The van der Waals surface area contributed by atoms with Crippen LogP contribution in [0.5, 0.6) is 0 Å². The number of nitrogens with zero attached hydrogens (tertiary/aromatic N) is 4. The van der Waals surface area contributed by atoms with Gasteiger partial charge in [-0.15, -0.1) is 11.3 Å². The van der Waals surface area contributed by atoms with Crippen LogP contribution in [0.15, 0.2) is 53.5 Å². The van der Waals surface area contributed by atoms with Gasteiger partial charge in [0.25, 0.3) is 5.56 Å². The number of pyridine rings is 1. The van der Waals surface area contributed by atoms with Crippen molar-refractivity contribution in [1.29, 1.82) is 0 Å². The van der Waals surface area contributed by atoms with Gasteiger partial charge < -0.3 is 4.90 Å². The van der Waals surface area contributed by atoms with Crippen LogP contribution in [0.25, 0.3) is 26.1 Å². The molecule has 3 aromatic rings. The highest BCUT2D eigenvalue weighted by atomic mass is 32.1. The van der Waals surface area contributed by atoms with Crippen molar-refractivity contribution in [2.75, 3.05) is 19.0 Å². The van der Waals surface area contributed by atoms with Crippen LogP contribution in [0.4, 0.5) is 10.1 Å². The van der Waals surface area contributed by atoms with Crippen molar-refractivity contribution in [2.24, 2.45) is 0 Å². The van der Waals surface area contributed by atoms with Gasteiger partial charge in [0, 0.05) is 26.0 Å². The lowest BCUT2D eigenvalue weighted by Gasteiger charge is -2.13. The molecule has 3 rings (SSSR count). The largest absolute Gasteiger partial charge is 0.377 e. The molecule has 0 unspecified atom stereocenters. The zero-order valence-electron chi connectivity index (χ0n) is 15.0. The van der Waals surface area contributed by atoms with E-state index in [-0.39, 0.29) is 5.56 Å². The Morgan fingerprint density at radius 3 is 2.73 bits per heavy atom. The van der Waals surface area contributed by atoms with Crippen LogP contribution >= 0.6 is 11.3 Å². The molecule has 0 aliphatic carbocycles. The SMILES string of the molecule is CC(=C/C=C(\C)n1cnc2c(sc3nccc(N(C)C)c32)c1=O)/C=C/F. The van der Waals surface area contributed by atoms with Crippen molar-refractivity contribution in [3.05, 3.63) is 59.1 Å². The molecule has 5 nitrogen and oxygen atoms in total. The van der Waals surface area contributed by atoms with Crippen LogP contribution in [0.3, 0.4) is 0 Å². The molecular formula is C19H19FN4OS. The minimum absolute atomic E-state index is 0.136. The fraction of sp³-hybridized carbons (Fsp3) is 0.211. The van der Waals surface area contributed by atoms with Crippen molar-refractivity contribution >= 4 is 43.2 Å². The minimum atomic E-state index is -0.136. The first-order valence-electron chi connectivity index (χ1n) is 8.02. The average molecular weight is 370 g/mol. The molecule has 0 atom stereocenters. The van der Waals surface area contributed by atoms with E-state index in [0.29, 0.717) is 22.2 Å². The molecule has 0 spiro atoms. The molecule has 7 heteroatoms. The number of anilines is 1. The Morgan fingerprint density at radius 1 is 1.27 bits per heavy atom. The molecule has 0 radical (unpaired) electrons. The maximum Gasteiger partial charge on any atom is 0.275 e. The number of allylic oxidation sites excluding steroid dienone is 5. The van der Waals surface area contributed by atoms with Crippen LogP contribution in [0.2, 0.25) is 0 Å². The molecule has 0 saturated heterocycles. The summed E-state index contributed by atoms with van der Waals surface area (Å²) in [6, 6.07) is 1.92. The van der Waals surface area contributed by atoms with Gasteiger partial charge in [0.05, 0.1) is 22.9 Å². The Hall–Kier alpha value is -2.80. The van der Waals surface area contributed by atoms with Crippen molar-refractivity contribution in [2.45, 2.75) is 13.8 Å². The van der Waals surface area contributed by atoms with Crippen LogP contribution in [-0.4, -0.2) is 28.6 Å². The number of aromatic nitrogens is 3. The van der Waals surface area contributed by atoms with E-state index >= 15 is 0 Å². The first kappa shape index (κ1) is 18.0. The summed E-state index contributed by atoms with van der Waals surface area (Å²) >= 11 is 1.35. The summed E-state index contributed by atoms with van der Waals surface area (Å²) in [5.41, 5.74) is 2.96. The second-order valence-corrected chi connectivity index (χ2v) is 7.11. The Bertz CT molecular complexity index is 1120. The molecule has 3 aromatic heterocycles. The lowest BCUT2D eigenvalue weighted by Crippen LogP contribution is -2.18. The molecule has 0 aliphatic rings. The van der Waals surface area contributed by atoms with Crippen LogP contribution in [-0.2, 0) is 0 Å². The Labute approximate surface area is 154 Å². The summed E-state index contributed by atoms with van der Waals surface area (Å²) in [4.78, 5) is 24.6. The third kappa shape index (κ3) is 3.17. The molecule has 134 valence electrons. The zero-order valence-corrected chi connectivity index (χ0v) is 15.8. The third-order valence-electron chi connectivity index (χ3n) is 4.04. The van der Waals surface area contributed by atoms with Crippen LogP contribution in [0, 0.1) is 0 Å². The van der Waals surface area contributed by atoms with Gasteiger partial charge in [0.2, 0.25) is 0 Å². The molecule has 3 heterocycles. The van der Waals surface area contributed by atoms with E-state index in [1.54, 1.807) is 25.3 Å². The van der Waals surface area contributed by atoms with Gasteiger partial charge >= 0.3 is 0 Å². The van der Waals surface area contributed by atoms with Gasteiger partial charge in [0.1, 0.15) is 15.9 Å². The molecular weight excluding hydrogens is 351 g/mol. The van der Waals surface area contributed by atoms with Gasteiger partial charge in [-0.3, -0.25) is 9.36 Å². The Kier molecular flexibility index (Phi) is 4.99. The monoisotopic (exact) mass is 370 g/mol. The molecule has 26 heavy (non-hydrogen) atoms. The molecule has 0 N–H and O–H groups in total. The number of hydrogen-bond acceptors (Lipinski definition) is 5. The maximum absolute atomic E-state index is 12.9. The van der Waals surface area contributed by atoms with Crippen LogP contribution in [0.1, 0.15) is 13.8 Å². The van der Waals surface area contributed by atoms with E-state index in [0.717, 1.165) is 21.5 Å². The number of hydrogen-bond donors (Lipinski definition) is 0. The Morgan fingerprint density at radius 2 is 2.04 bits per heavy atom. The first-order valence-corrected chi connectivity index (χ1v) is 8.84. The third-order valence-corrected chi connectivity index (χ3v) is 5.11. The summed E-state index contributed by atoms with van der Waals surface area (Å²) in [6.07, 6.45) is 8.63. The second-order valence-electron chi connectivity index (χ2n) is 6.12. The Balaban J connectivity index is 2.20.